The van der Waals surface area contributed by atoms with Gasteiger partial charge in [0.1, 0.15) is 17.7 Å². The summed E-state index contributed by atoms with van der Waals surface area (Å²) >= 11 is 12.0. The van der Waals surface area contributed by atoms with Crippen LogP contribution in [0.15, 0.2) is 48.9 Å². The number of carbonyl (C=O) groups excluding carboxylic acids is 1. The first kappa shape index (κ1) is 22.4. The summed E-state index contributed by atoms with van der Waals surface area (Å²) in [6, 6.07) is 8.07. The molecule has 4 rings (SSSR count). The van der Waals surface area contributed by atoms with Gasteiger partial charge in [0.25, 0.3) is 5.91 Å². The molecule has 0 N–H and O–H groups in total. The number of amides is 1. The van der Waals surface area contributed by atoms with Crippen LogP contribution in [-0.2, 0) is 0 Å². The van der Waals surface area contributed by atoms with Gasteiger partial charge in [0, 0.05) is 49.6 Å². The number of hydrogen-bond acceptors (Lipinski definition) is 5. The Morgan fingerprint density at radius 3 is 2.53 bits per heavy atom. The number of aryl methyl sites for hydroxylation is 1. The van der Waals surface area contributed by atoms with Crippen LogP contribution < -0.4 is 4.74 Å². The first-order chi connectivity index (χ1) is 15.3. The molecule has 1 aliphatic heterocycles. The molecule has 0 unspecified atom stereocenters. The summed E-state index contributed by atoms with van der Waals surface area (Å²) in [6.07, 6.45) is 4.28. The van der Waals surface area contributed by atoms with Crippen molar-refractivity contribution in [1.29, 1.82) is 0 Å². The lowest BCUT2D eigenvalue weighted by Gasteiger charge is -2.25. The predicted molar refractivity (Wildman–Crippen MR) is 120 cm³/mol. The summed E-state index contributed by atoms with van der Waals surface area (Å²) in [6.45, 7) is 4.57. The van der Waals surface area contributed by atoms with E-state index < -0.39 is 5.82 Å². The maximum absolute atomic E-state index is 13.8. The maximum atomic E-state index is 13.8. The van der Waals surface area contributed by atoms with Crippen LogP contribution in [0.4, 0.5) is 4.39 Å². The lowest BCUT2D eigenvalue weighted by molar-refractivity contribution is 0.0769. The molecule has 32 heavy (non-hydrogen) atoms. The van der Waals surface area contributed by atoms with Crippen LogP contribution in [0.3, 0.4) is 0 Å². The van der Waals surface area contributed by atoms with Crippen molar-refractivity contribution in [2.45, 2.75) is 25.9 Å². The first-order valence-electron chi connectivity index (χ1n) is 10.1. The Morgan fingerprint density at radius 1 is 1.12 bits per heavy atom. The molecule has 166 valence electrons. The van der Waals surface area contributed by atoms with Crippen LogP contribution in [0.25, 0.3) is 0 Å². The van der Waals surface area contributed by atoms with Gasteiger partial charge in [0.15, 0.2) is 0 Å². The third kappa shape index (κ3) is 4.84. The van der Waals surface area contributed by atoms with Crippen LogP contribution in [0.5, 0.6) is 5.88 Å². The average molecular weight is 475 g/mol. The van der Waals surface area contributed by atoms with E-state index in [2.05, 4.69) is 15.0 Å². The van der Waals surface area contributed by atoms with Gasteiger partial charge in [0.05, 0.1) is 15.6 Å². The minimum atomic E-state index is -0.482. The van der Waals surface area contributed by atoms with E-state index in [4.69, 9.17) is 27.9 Å². The molecule has 0 aliphatic carbocycles. The highest BCUT2D eigenvalue weighted by Gasteiger charge is 2.40. The number of rotatable bonds is 5. The Morgan fingerprint density at radius 2 is 1.88 bits per heavy atom. The lowest BCUT2D eigenvalue weighted by atomic mass is 9.85. The number of aromatic nitrogens is 3. The molecule has 6 nitrogen and oxygen atoms in total. The normalized spacial score (nSPS) is 19.1. The Kier molecular flexibility index (Phi) is 6.58. The molecule has 0 saturated carbocycles. The molecule has 1 aromatic carbocycles. The van der Waals surface area contributed by atoms with E-state index in [1.54, 1.807) is 36.1 Å². The fraction of sp³-hybridized carbons (Fsp3) is 0.304. The third-order valence-electron chi connectivity index (χ3n) is 5.66. The highest BCUT2D eigenvalue weighted by Crippen LogP contribution is 2.38. The van der Waals surface area contributed by atoms with Crippen molar-refractivity contribution < 1.29 is 13.9 Å². The summed E-state index contributed by atoms with van der Waals surface area (Å²) in [5.41, 5.74) is 1.26. The molecule has 0 bridgehead atoms. The van der Waals surface area contributed by atoms with Crippen LogP contribution in [0, 0.1) is 18.7 Å². The smallest absolute Gasteiger partial charge is 0.257 e. The molecule has 9 heteroatoms. The van der Waals surface area contributed by atoms with Crippen molar-refractivity contribution in [2.75, 3.05) is 13.1 Å². The third-order valence-corrected chi connectivity index (χ3v) is 6.18. The van der Waals surface area contributed by atoms with Gasteiger partial charge in [-0.3, -0.25) is 4.79 Å². The van der Waals surface area contributed by atoms with Crippen LogP contribution in [-0.4, -0.2) is 45.0 Å². The highest BCUT2D eigenvalue weighted by atomic mass is 35.5. The van der Waals surface area contributed by atoms with E-state index in [1.165, 1.54) is 24.7 Å². The second-order valence-electron chi connectivity index (χ2n) is 7.81. The van der Waals surface area contributed by atoms with Gasteiger partial charge < -0.3 is 9.64 Å². The molecule has 0 radical (unpaired) electrons. The molecular formula is C23H21Cl2FN4O2. The number of ether oxygens (including phenoxy) is 1. The Balaban J connectivity index is 1.61. The van der Waals surface area contributed by atoms with Crippen molar-refractivity contribution in [3.05, 3.63) is 81.7 Å². The molecule has 1 aliphatic rings. The first-order valence-corrected chi connectivity index (χ1v) is 10.9. The second kappa shape index (κ2) is 9.38. The molecule has 1 fully saturated rings. The number of carbonyl (C=O) groups is 1. The van der Waals surface area contributed by atoms with E-state index in [0.717, 1.165) is 5.56 Å². The van der Waals surface area contributed by atoms with E-state index in [1.807, 2.05) is 6.92 Å². The molecule has 0 spiro atoms. The van der Waals surface area contributed by atoms with Gasteiger partial charge in [-0.25, -0.2) is 19.3 Å². The molecule has 3 atom stereocenters. The number of halogens is 3. The molecule has 3 heterocycles. The van der Waals surface area contributed by atoms with Crippen LogP contribution >= 0.6 is 23.2 Å². The van der Waals surface area contributed by atoms with Crippen molar-refractivity contribution >= 4 is 29.1 Å². The summed E-state index contributed by atoms with van der Waals surface area (Å²) < 4.78 is 19.8. The Bertz CT molecular complexity index is 1110. The minimum Gasteiger partial charge on any atom is -0.474 e. The molecular weight excluding hydrogens is 454 g/mol. The Labute approximate surface area is 195 Å². The van der Waals surface area contributed by atoms with E-state index in [0.29, 0.717) is 35.4 Å². The van der Waals surface area contributed by atoms with Gasteiger partial charge in [-0.2, -0.15) is 0 Å². The minimum absolute atomic E-state index is 0.0471. The van der Waals surface area contributed by atoms with E-state index in [9.17, 15) is 9.18 Å². The highest BCUT2D eigenvalue weighted by molar-refractivity contribution is 6.30. The predicted octanol–water partition coefficient (Wildman–Crippen LogP) is 4.95. The summed E-state index contributed by atoms with van der Waals surface area (Å²) in [4.78, 5) is 27.3. The van der Waals surface area contributed by atoms with Gasteiger partial charge >= 0.3 is 0 Å². The zero-order chi connectivity index (χ0) is 22.8. The molecule has 1 amide bonds. The van der Waals surface area contributed by atoms with Crippen molar-refractivity contribution in [2.24, 2.45) is 5.92 Å². The molecule has 3 aromatic rings. The van der Waals surface area contributed by atoms with Crippen molar-refractivity contribution in [3.8, 4) is 5.88 Å². The van der Waals surface area contributed by atoms with E-state index >= 15 is 0 Å². The van der Waals surface area contributed by atoms with Crippen molar-refractivity contribution in [3.63, 3.8) is 0 Å². The number of benzene rings is 1. The van der Waals surface area contributed by atoms with Gasteiger partial charge in [0.2, 0.25) is 5.88 Å². The average Bonchev–Trinajstić information content (AvgIpc) is 3.23. The van der Waals surface area contributed by atoms with Gasteiger partial charge in [-0.15, -0.1) is 0 Å². The molecule has 2 aromatic heterocycles. The fourth-order valence-electron chi connectivity index (χ4n) is 3.96. The number of pyridine rings is 1. The summed E-state index contributed by atoms with van der Waals surface area (Å²) in [5.74, 6) is 0.202. The van der Waals surface area contributed by atoms with Crippen LogP contribution in [0.1, 0.15) is 34.6 Å². The summed E-state index contributed by atoms with van der Waals surface area (Å²) in [5, 5.41) is 0.563. The zero-order valence-corrected chi connectivity index (χ0v) is 19.0. The Hall–Kier alpha value is -2.77. The number of likely N-dealkylation sites (tertiary alicyclic amines) is 1. The van der Waals surface area contributed by atoms with Gasteiger partial charge in [-0.05, 0) is 37.6 Å². The van der Waals surface area contributed by atoms with Crippen LogP contribution in [0.2, 0.25) is 10.0 Å². The van der Waals surface area contributed by atoms with Gasteiger partial charge in [-0.1, -0.05) is 29.3 Å². The summed E-state index contributed by atoms with van der Waals surface area (Å²) in [7, 11) is 0. The number of hydrogen-bond donors (Lipinski definition) is 0. The van der Waals surface area contributed by atoms with Crippen molar-refractivity contribution in [1.82, 2.24) is 19.9 Å². The monoisotopic (exact) mass is 474 g/mol. The largest absolute Gasteiger partial charge is 0.474 e. The topological polar surface area (TPSA) is 68.2 Å². The maximum Gasteiger partial charge on any atom is 0.257 e. The zero-order valence-electron chi connectivity index (χ0n) is 17.5. The number of nitrogens with zero attached hydrogens (tertiary/aromatic N) is 4. The lowest BCUT2D eigenvalue weighted by Crippen LogP contribution is -2.32. The second-order valence-corrected chi connectivity index (χ2v) is 8.65. The quantitative estimate of drug-likeness (QED) is 0.523. The van der Waals surface area contributed by atoms with E-state index in [-0.39, 0.29) is 28.9 Å². The molecule has 1 saturated heterocycles. The fourth-order valence-corrected chi connectivity index (χ4v) is 4.26. The SMILES string of the molecule is Cc1ncc(C(=O)N2C[C@H]([C@H](C)Oc3ccc(Cl)cn3)[C@@H](c3ccc(F)c(Cl)c3)C2)cn1. The standard InChI is InChI=1S/C23H21Cl2FN4O2/c1-13(32-22-6-4-17(24)10-29-22)18-11-30(23(31)16-8-27-14(2)28-9-16)12-19(18)15-3-5-21(26)20(25)7-15/h3-10,13,18-19H,11-12H2,1-2H3/t13-,18+,19+/m0/s1.